The first-order chi connectivity index (χ1) is 10.3. The van der Waals surface area contributed by atoms with E-state index in [0.29, 0.717) is 10.7 Å². The number of rotatable bonds is 4. The Bertz CT molecular complexity index is 746. The number of H-pyrrole nitrogens is 1. The Morgan fingerprint density at radius 3 is 2.86 bits per heavy atom. The lowest BCUT2D eigenvalue weighted by Gasteiger charge is -2.06. The Kier molecular flexibility index (Phi) is 3.83. The Balaban J connectivity index is 1.88. The molecule has 3 aromatic rings. The Labute approximate surface area is 126 Å². The van der Waals surface area contributed by atoms with Gasteiger partial charge >= 0.3 is 0 Å². The lowest BCUT2D eigenvalue weighted by molar-refractivity contribution is 0.103. The molecule has 0 radical (unpaired) electrons. The Morgan fingerprint density at radius 1 is 1.29 bits per heavy atom. The molecule has 0 aliphatic carbocycles. The fraction of sp³-hybridized carbons (Fsp3) is 0.125. The van der Waals surface area contributed by atoms with Crippen LogP contribution in [-0.2, 0) is 6.42 Å². The van der Waals surface area contributed by atoms with Crippen molar-refractivity contribution in [3.05, 3.63) is 58.4 Å². The summed E-state index contributed by atoms with van der Waals surface area (Å²) in [5.41, 5.74) is 3.00. The van der Waals surface area contributed by atoms with Crippen molar-refractivity contribution in [2.75, 3.05) is 5.32 Å². The van der Waals surface area contributed by atoms with Crippen LogP contribution < -0.4 is 5.32 Å². The molecule has 0 bridgehead atoms. The molecule has 2 heterocycles. The largest absolute Gasteiger partial charge is 0.306 e. The highest BCUT2D eigenvalue weighted by Crippen LogP contribution is 2.29. The van der Waals surface area contributed by atoms with Crippen LogP contribution >= 0.6 is 11.3 Å². The summed E-state index contributed by atoms with van der Waals surface area (Å²) in [5.74, 6) is 0.567. The molecule has 3 rings (SSSR count). The van der Waals surface area contributed by atoms with Crippen molar-refractivity contribution in [2.24, 2.45) is 0 Å². The number of amides is 1. The third kappa shape index (κ3) is 2.73. The van der Waals surface area contributed by atoms with E-state index in [1.54, 1.807) is 6.20 Å². The van der Waals surface area contributed by atoms with Gasteiger partial charge in [0.2, 0.25) is 0 Å². The van der Waals surface area contributed by atoms with Gasteiger partial charge in [-0.05, 0) is 23.4 Å². The molecule has 1 amide bonds. The molecule has 2 aromatic heterocycles. The van der Waals surface area contributed by atoms with Crippen LogP contribution in [0.3, 0.4) is 0 Å². The average molecular weight is 297 g/mol. The minimum Gasteiger partial charge on any atom is -0.306 e. The molecule has 2 N–H and O–H groups in total. The highest BCUT2D eigenvalue weighted by atomic mass is 32.1. The number of carbonyl (C=O) groups excluding carboxylic acids is 1. The molecule has 0 unspecified atom stereocenters. The number of hydrogen-bond acceptors (Lipinski definition) is 3. The molecule has 5 heteroatoms. The van der Waals surface area contributed by atoms with Gasteiger partial charge in [-0.1, -0.05) is 37.3 Å². The van der Waals surface area contributed by atoms with Gasteiger partial charge < -0.3 is 5.32 Å². The lowest BCUT2D eigenvalue weighted by atomic mass is 10.1. The molecule has 0 fully saturated rings. The van der Waals surface area contributed by atoms with Crippen molar-refractivity contribution in [3.63, 3.8) is 0 Å². The third-order valence-electron chi connectivity index (χ3n) is 3.29. The van der Waals surface area contributed by atoms with E-state index < -0.39 is 0 Å². The molecule has 0 saturated carbocycles. The highest BCUT2D eigenvalue weighted by molar-refractivity contribution is 7.12. The average Bonchev–Trinajstić information content (AvgIpc) is 3.16. The van der Waals surface area contributed by atoms with Gasteiger partial charge in [0.25, 0.3) is 5.91 Å². The third-order valence-corrected chi connectivity index (χ3v) is 4.21. The van der Waals surface area contributed by atoms with Gasteiger partial charge in [0.15, 0.2) is 0 Å². The van der Waals surface area contributed by atoms with Crippen LogP contribution in [0.25, 0.3) is 11.1 Å². The Morgan fingerprint density at radius 2 is 2.10 bits per heavy atom. The fourth-order valence-corrected chi connectivity index (χ4v) is 3.00. The summed E-state index contributed by atoms with van der Waals surface area (Å²) in [4.78, 5) is 13.2. The van der Waals surface area contributed by atoms with E-state index in [1.165, 1.54) is 11.3 Å². The second-order valence-electron chi connectivity index (χ2n) is 4.61. The van der Waals surface area contributed by atoms with Gasteiger partial charge in [0.1, 0.15) is 10.7 Å². The predicted molar refractivity (Wildman–Crippen MR) is 85.7 cm³/mol. The molecule has 0 atom stereocenters. The molecule has 1 aromatic carbocycles. The number of anilines is 1. The van der Waals surface area contributed by atoms with Crippen LogP contribution in [0.15, 0.2) is 48.0 Å². The standard InChI is InChI=1S/C16H15N3OS/c1-2-11-10-17-19-15(11)18-16(20)14-13(8-9-21-14)12-6-4-3-5-7-12/h3-10H,2H2,1H3,(H2,17,18,19,20). The maximum Gasteiger partial charge on any atom is 0.267 e. The second-order valence-corrected chi connectivity index (χ2v) is 5.52. The number of thiophene rings is 1. The smallest absolute Gasteiger partial charge is 0.267 e. The summed E-state index contributed by atoms with van der Waals surface area (Å²) in [6, 6.07) is 11.9. The summed E-state index contributed by atoms with van der Waals surface area (Å²) in [5, 5.41) is 11.6. The van der Waals surface area contributed by atoms with Crippen molar-refractivity contribution >= 4 is 23.1 Å². The van der Waals surface area contributed by atoms with Crippen molar-refractivity contribution in [1.29, 1.82) is 0 Å². The number of nitrogens with zero attached hydrogens (tertiary/aromatic N) is 1. The molecule has 4 nitrogen and oxygen atoms in total. The number of aryl methyl sites for hydroxylation is 1. The SMILES string of the molecule is CCc1cn[nH]c1NC(=O)c1sccc1-c1ccccc1. The summed E-state index contributed by atoms with van der Waals surface area (Å²) in [6.07, 6.45) is 2.56. The van der Waals surface area contributed by atoms with Gasteiger partial charge in [-0.15, -0.1) is 11.3 Å². The zero-order valence-corrected chi connectivity index (χ0v) is 12.4. The lowest BCUT2D eigenvalue weighted by Crippen LogP contribution is -2.12. The highest BCUT2D eigenvalue weighted by Gasteiger charge is 2.16. The molecule has 106 valence electrons. The monoisotopic (exact) mass is 297 g/mol. The van der Waals surface area contributed by atoms with E-state index in [2.05, 4.69) is 15.5 Å². The van der Waals surface area contributed by atoms with Gasteiger partial charge in [-0.3, -0.25) is 9.89 Å². The maximum absolute atomic E-state index is 12.5. The summed E-state index contributed by atoms with van der Waals surface area (Å²) < 4.78 is 0. The predicted octanol–water partition coefficient (Wildman–Crippen LogP) is 3.95. The maximum atomic E-state index is 12.5. The molecule has 21 heavy (non-hydrogen) atoms. The number of aromatic nitrogens is 2. The Hall–Kier alpha value is -2.40. The second kappa shape index (κ2) is 5.93. The fourth-order valence-electron chi connectivity index (χ4n) is 2.19. The molecule has 0 aliphatic heterocycles. The first-order valence-electron chi connectivity index (χ1n) is 6.76. The molecular weight excluding hydrogens is 282 g/mol. The topological polar surface area (TPSA) is 57.8 Å². The van der Waals surface area contributed by atoms with Crippen LogP contribution in [0, 0.1) is 0 Å². The van der Waals surface area contributed by atoms with Gasteiger partial charge in [-0.2, -0.15) is 5.10 Å². The van der Waals surface area contributed by atoms with E-state index in [4.69, 9.17) is 0 Å². The molecular formula is C16H15N3OS. The number of hydrogen-bond donors (Lipinski definition) is 2. The summed E-state index contributed by atoms with van der Waals surface area (Å²) >= 11 is 1.44. The van der Waals surface area contributed by atoms with Crippen LogP contribution in [0.4, 0.5) is 5.82 Å². The van der Waals surface area contributed by atoms with Crippen molar-refractivity contribution < 1.29 is 4.79 Å². The van der Waals surface area contributed by atoms with E-state index in [1.807, 2.05) is 48.7 Å². The molecule has 0 spiro atoms. The normalized spacial score (nSPS) is 10.5. The van der Waals surface area contributed by atoms with Crippen LogP contribution in [0.1, 0.15) is 22.2 Å². The van der Waals surface area contributed by atoms with E-state index in [-0.39, 0.29) is 5.91 Å². The number of benzene rings is 1. The van der Waals surface area contributed by atoms with Crippen LogP contribution in [0.2, 0.25) is 0 Å². The first-order valence-corrected chi connectivity index (χ1v) is 7.64. The zero-order chi connectivity index (χ0) is 14.7. The number of nitrogens with one attached hydrogen (secondary N) is 2. The van der Waals surface area contributed by atoms with Gasteiger partial charge in [0, 0.05) is 11.1 Å². The minimum absolute atomic E-state index is 0.109. The number of carbonyl (C=O) groups is 1. The van der Waals surface area contributed by atoms with E-state index >= 15 is 0 Å². The first kappa shape index (κ1) is 13.6. The van der Waals surface area contributed by atoms with E-state index in [0.717, 1.165) is 23.1 Å². The summed E-state index contributed by atoms with van der Waals surface area (Å²) in [7, 11) is 0. The van der Waals surface area contributed by atoms with Gasteiger partial charge in [0.05, 0.1) is 6.20 Å². The molecule has 0 saturated heterocycles. The number of aromatic amines is 1. The zero-order valence-electron chi connectivity index (χ0n) is 11.6. The molecule has 0 aliphatic rings. The summed E-state index contributed by atoms with van der Waals surface area (Å²) in [6.45, 7) is 2.03. The van der Waals surface area contributed by atoms with Crippen molar-refractivity contribution in [1.82, 2.24) is 10.2 Å². The quantitative estimate of drug-likeness (QED) is 0.766. The van der Waals surface area contributed by atoms with E-state index in [9.17, 15) is 4.79 Å². The van der Waals surface area contributed by atoms with Gasteiger partial charge in [-0.25, -0.2) is 0 Å². The van der Waals surface area contributed by atoms with Crippen LogP contribution in [0.5, 0.6) is 0 Å². The minimum atomic E-state index is -0.109. The van der Waals surface area contributed by atoms with Crippen LogP contribution in [-0.4, -0.2) is 16.1 Å². The van der Waals surface area contributed by atoms with Crippen molar-refractivity contribution in [3.8, 4) is 11.1 Å². The van der Waals surface area contributed by atoms with Crippen molar-refractivity contribution in [2.45, 2.75) is 13.3 Å².